The Balaban J connectivity index is 1.82. The fourth-order valence-corrected chi connectivity index (χ4v) is 3.24. The molecule has 1 saturated heterocycles. The molecular formula is C17H23FN8O. The average molecular weight is 374 g/mol. The van der Waals surface area contributed by atoms with Crippen LogP contribution in [0.1, 0.15) is 26.3 Å². The quantitative estimate of drug-likeness (QED) is 0.734. The molecule has 0 radical (unpaired) electrons. The molecule has 1 fully saturated rings. The first-order chi connectivity index (χ1) is 13.0. The molecule has 1 aliphatic heterocycles. The van der Waals surface area contributed by atoms with E-state index in [2.05, 4.69) is 39.2 Å². The number of aromatic nitrogens is 6. The molecular weight excluding hydrogens is 351 g/mol. The van der Waals surface area contributed by atoms with E-state index in [1.807, 2.05) is 16.5 Å². The van der Waals surface area contributed by atoms with Crippen molar-refractivity contribution in [2.45, 2.75) is 32.5 Å². The fourth-order valence-electron chi connectivity index (χ4n) is 3.24. The number of hydrogen-bond acceptors (Lipinski definition) is 7. The minimum atomic E-state index is -0.853. The van der Waals surface area contributed by atoms with E-state index in [9.17, 15) is 4.39 Å². The summed E-state index contributed by atoms with van der Waals surface area (Å²) in [5, 5.41) is 7.51. The van der Waals surface area contributed by atoms with Gasteiger partial charge in [0.15, 0.2) is 17.0 Å². The van der Waals surface area contributed by atoms with Gasteiger partial charge in [-0.1, -0.05) is 0 Å². The Kier molecular flexibility index (Phi) is 4.33. The van der Waals surface area contributed by atoms with Crippen LogP contribution >= 0.6 is 0 Å². The van der Waals surface area contributed by atoms with E-state index in [4.69, 9.17) is 4.74 Å². The van der Waals surface area contributed by atoms with Gasteiger partial charge < -0.3 is 19.5 Å². The van der Waals surface area contributed by atoms with Crippen LogP contribution in [0.25, 0.3) is 11.2 Å². The zero-order valence-electron chi connectivity index (χ0n) is 15.8. The first kappa shape index (κ1) is 17.5. The third-order valence-corrected chi connectivity index (χ3v) is 4.62. The molecule has 0 spiro atoms. The number of halogens is 1. The van der Waals surface area contributed by atoms with Gasteiger partial charge in [0.25, 0.3) is 5.88 Å². The molecule has 0 aromatic carbocycles. The summed E-state index contributed by atoms with van der Waals surface area (Å²) in [6.45, 7) is 5.02. The summed E-state index contributed by atoms with van der Waals surface area (Å²) < 4.78 is 22.7. The Hall–Kier alpha value is -2.91. The lowest BCUT2D eigenvalue weighted by atomic mass is 10.3. The molecule has 3 aromatic heterocycles. The predicted octanol–water partition coefficient (Wildman–Crippen LogP) is 2.44. The zero-order valence-corrected chi connectivity index (χ0v) is 15.8. The minimum absolute atomic E-state index is 0.186. The Labute approximate surface area is 156 Å². The zero-order chi connectivity index (χ0) is 19.1. The van der Waals surface area contributed by atoms with E-state index in [0.717, 1.165) is 0 Å². The SMILES string of the molecule is COc1nn(C)cc1Nc1nc(N2CC[C@H](F)C2)nc2c1ncn2C(C)C. The molecule has 0 saturated carbocycles. The van der Waals surface area contributed by atoms with E-state index >= 15 is 0 Å². The van der Waals surface area contributed by atoms with Crippen molar-refractivity contribution in [3.05, 3.63) is 12.5 Å². The van der Waals surface area contributed by atoms with Gasteiger partial charge in [-0.15, -0.1) is 5.10 Å². The van der Waals surface area contributed by atoms with Crippen molar-refractivity contribution in [2.75, 3.05) is 30.4 Å². The summed E-state index contributed by atoms with van der Waals surface area (Å²) in [4.78, 5) is 15.7. The minimum Gasteiger partial charge on any atom is -0.478 e. The summed E-state index contributed by atoms with van der Waals surface area (Å²) in [6.07, 6.45) is 3.19. The van der Waals surface area contributed by atoms with E-state index in [1.54, 1.807) is 24.3 Å². The van der Waals surface area contributed by atoms with Crippen LogP contribution in [0.2, 0.25) is 0 Å². The van der Waals surface area contributed by atoms with Crippen LogP contribution < -0.4 is 15.0 Å². The maximum Gasteiger partial charge on any atom is 0.256 e. The standard InChI is InChI=1S/C17H23FN8O/c1-10(2)26-9-19-13-14(20-12-8-24(3)23-16(12)27-4)21-17(22-15(13)26)25-6-5-11(18)7-25/h8-11H,5-7H2,1-4H3,(H,20,21,22)/t11-/m0/s1. The number of nitrogens with zero attached hydrogens (tertiary/aromatic N) is 7. The number of methoxy groups -OCH3 is 1. The highest BCUT2D eigenvalue weighted by Crippen LogP contribution is 2.31. The molecule has 27 heavy (non-hydrogen) atoms. The summed E-state index contributed by atoms with van der Waals surface area (Å²) >= 11 is 0. The van der Waals surface area contributed by atoms with Crippen molar-refractivity contribution in [3.63, 3.8) is 0 Å². The van der Waals surface area contributed by atoms with Crippen molar-refractivity contribution < 1.29 is 9.13 Å². The van der Waals surface area contributed by atoms with Crippen LogP contribution in [0.15, 0.2) is 12.5 Å². The van der Waals surface area contributed by atoms with Crippen molar-refractivity contribution in [2.24, 2.45) is 7.05 Å². The molecule has 3 aromatic rings. The predicted molar refractivity (Wildman–Crippen MR) is 100 cm³/mol. The lowest BCUT2D eigenvalue weighted by Crippen LogP contribution is -2.23. The van der Waals surface area contributed by atoms with Gasteiger partial charge in [-0.25, -0.2) is 9.37 Å². The molecule has 0 unspecified atom stereocenters. The van der Waals surface area contributed by atoms with Crippen molar-refractivity contribution in [1.29, 1.82) is 0 Å². The van der Waals surface area contributed by atoms with Gasteiger partial charge in [-0.05, 0) is 20.3 Å². The number of anilines is 3. The summed E-state index contributed by atoms with van der Waals surface area (Å²) in [5.41, 5.74) is 2.03. The van der Waals surface area contributed by atoms with Crippen molar-refractivity contribution in [3.8, 4) is 5.88 Å². The number of imidazole rings is 1. The number of rotatable bonds is 5. The molecule has 10 heteroatoms. The molecule has 4 rings (SSSR count). The number of ether oxygens (including phenoxy) is 1. The number of hydrogen-bond donors (Lipinski definition) is 1. The number of alkyl halides is 1. The van der Waals surface area contributed by atoms with Gasteiger partial charge in [0.05, 0.1) is 26.2 Å². The Morgan fingerprint density at radius 2 is 2.15 bits per heavy atom. The van der Waals surface area contributed by atoms with Crippen LogP contribution in [0.4, 0.5) is 21.8 Å². The molecule has 1 aliphatic rings. The van der Waals surface area contributed by atoms with Crippen LogP contribution in [0, 0.1) is 0 Å². The fraction of sp³-hybridized carbons (Fsp3) is 0.529. The summed E-state index contributed by atoms with van der Waals surface area (Å²) in [7, 11) is 3.38. The highest BCUT2D eigenvalue weighted by molar-refractivity contribution is 5.87. The van der Waals surface area contributed by atoms with Gasteiger partial charge in [-0.3, -0.25) is 4.68 Å². The summed E-state index contributed by atoms with van der Waals surface area (Å²) in [6, 6.07) is 0.186. The second-order valence-corrected chi connectivity index (χ2v) is 6.97. The Bertz CT molecular complexity index is 965. The maximum atomic E-state index is 13.7. The number of nitrogens with one attached hydrogen (secondary N) is 1. The highest BCUT2D eigenvalue weighted by Gasteiger charge is 2.26. The summed E-state index contributed by atoms with van der Waals surface area (Å²) in [5.74, 6) is 1.50. The number of fused-ring (bicyclic) bond motifs is 1. The van der Waals surface area contributed by atoms with Crippen LogP contribution in [0.3, 0.4) is 0 Å². The highest BCUT2D eigenvalue weighted by atomic mass is 19.1. The Morgan fingerprint density at radius 3 is 2.81 bits per heavy atom. The van der Waals surface area contributed by atoms with Crippen LogP contribution in [0.5, 0.6) is 5.88 Å². The monoisotopic (exact) mass is 374 g/mol. The molecule has 1 N–H and O–H groups in total. The second kappa shape index (κ2) is 6.67. The van der Waals surface area contributed by atoms with Crippen LogP contribution in [-0.2, 0) is 7.05 Å². The largest absolute Gasteiger partial charge is 0.478 e. The van der Waals surface area contributed by atoms with Gasteiger partial charge in [0.2, 0.25) is 5.95 Å². The first-order valence-corrected chi connectivity index (χ1v) is 8.94. The second-order valence-electron chi connectivity index (χ2n) is 6.97. The average Bonchev–Trinajstić information content (AvgIpc) is 3.32. The molecule has 0 bridgehead atoms. The van der Waals surface area contributed by atoms with Gasteiger partial charge in [0, 0.05) is 19.6 Å². The van der Waals surface area contributed by atoms with Crippen LogP contribution in [-0.4, -0.2) is 55.7 Å². The lowest BCUT2D eigenvalue weighted by Gasteiger charge is -2.17. The molecule has 144 valence electrons. The first-order valence-electron chi connectivity index (χ1n) is 8.94. The van der Waals surface area contributed by atoms with Gasteiger partial charge in [-0.2, -0.15) is 9.97 Å². The van der Waals surface area contributed by atoms with Gasteiger partial charge >= 0.3 is 0 Å². The molecule has 1 atom stereocenters. The van der Waals surface area contributed by atoms with Crippen molar-refractivity contribution >= 4 is 28.6 Å². The van der Waals surface area contributed by atoms with E-state index in [1.165, 1.54) is 0 Å². The van der Waals surface area contributed by atoms with Crippen molar-refractivity contribution in [1.82, 2.24) is 29.3 Å². The Morgan fingerprint density at radius 1 is 1.33 bits per heavy atom. The third-order valence-electron chi connectivity index (χ3n) is 4.62. The molecule has 4 heterocycles. The smallest absolute Gasteiger partial charge is 0.256 e. The van der Waals surface area contributed by atoms with Gasteiger partial charge in [0.1, 0.15) is 11.9 Å². The molecule has 0 amide bonds. The topological polar surface area (TPSA) is 85.9 Å². The normalized spacial score (nSPS) is 17.3. The van der Waals surface area contributed by atoms with E-state index < -0.39 is 6.17 Å². The third kappa shape index (κ3) is 3.15. The lowest BCUT2D eigenvalue weighted by molar-refractivity contribution is 0.364. The van der Waals surface area contributed by atoms with E-state index in [-0.39, 0.29) is 6.04 Å². The number of aryl methyl sites for hydroxylation is 1. The van der Waals surface area contributed by atoms with E-state index in [0.29, 0.717) is 54.0 Å². The maximum absolute atomic E-state index is 13.7. The molecule has 9 nitrogen and oxygen atoms in total. The molecule has 0 aliphatic carbocycles.